The van der Waals surface area contributed by atoms with Gasteiger partial charge in [-0.25, -0.2) is 4.98 Å². The third-order valence-corrected chi connectivity index (χ3v) is 4.97. The Kier molecular flexibility index (Phi) is 3.36. The summed E-state index contributed by atoms with van der Waals surface area (Å²) in [6, 6.07) is 5.62. The monoisotopic (exact) mass is 294 g/mol. The average Bonchev–Trinajstić information content (AvgIpc) is 2.98. The topological polar surface area (TPSA) is 44.1 Å². The molecular formula is C13H14N2O2S2. The molecule has 0 spiro atoms. The van der Waals surface area contributed by atoms with Crippen LogP contribution in [-0.2, 0) is 17.3 Å². The van der Waals surface area contributed by atoms with Gasteiger partial charge in [-0.1, -0.05) is 11.8 Å². The lowest BCUT2D eigenvalue weighted by Crippen LogP contribution is -1.93. The maximum atomic E-state index is 11.5. The summed E-state index contributed by atoms with van der Waals surface area (Å²) < 4.78 is 19.1. The number of fused-ring (bicyclic) bond motifs is 1. The molecule has 0 N–H and O–H groups in total. The summed E-state index contributed by atoms with van der Waals surface area (Å²) in [6.45, 7) is 1.01. The zero-order valence-electron chi connectivity index (χ0n) is 10.8. The standard InChI is InChI=1S/C13H14N2O2S2/c1-17-12-7-9(19(2)16)3-4-10(12)11-8-15-5-6-18-13(15)14-11/h3-4,7-8H,5-6H2,1-2H3. The minimum Gasteiger partial charge on any atom is -0.496 e. The molecule has 0 fully saturated rings. The Labute approximate surface area is 118 Å². The lowest BCUT2D eigenvalue weighted by Gasteiger charge is -2.08. The maximum absolute atomic E-state index is 11.5. The van der Waals surface area contributed by atoms with E-state index in [9.17, 15) is 4.21 Å². The fourth-order valence-electron chi connectivity index (χ4n) is 2.10. The minimum atomic E-state index is -1.00. The molecule has 1 atom stereocenters. The molecule has 6 heteroatoms. The zero-order chi connectivity index (χ0) is 13.4. The highest BCUT2D eigenvalue weighted by Gasteiger charge is 2.17. The molecule has 1 aromatic heterocycles. The summed E-state index contributed by atoms with van der Waals surface area (Å²) in [5.74, 6) is 1.81. The molecule has 19 heavy (non-hydrogen) atoms. The summed E-state index contributed by atoms with van der Waals surface area (Å²) in [5, 5.41) is 1.06. The van der Waals surface area contributed by atoms with Crippen molar-refractivity contribution < 1.29 is 8.95 Å². The Balaban J connectivity index is 2.06. The molecule has 1 aliphatic heterocycles. The summed E-state index contributed by atoms with van der Waals surface area (Å²) in [4.78, 5) is 5.38. The Morgan fingerprint density at radius 1 is 1.47 bits per heavy atom. The van der Waals surface area contributed by atoms with Crippen LogP contribution in [0, 0.1) is 0 Å². The molecule has 4 nitrogen and oxygen atoms in total. The van der Waals surface area contributed by atoms with Gasteiger partial charge in [0.05, 0.1) is 12.8 Å². The Bertz CT molecular complexity index is 631. The van der Waals surface area contributed by atoms with E-state index in [0.717, 1.165) is 39.4 Å². The lowest BCUT2D eigenvalue weighted by atomic mass is 10.1. The SMILES string of the molecule is COc1cc(S(C)=O)ccc1-c1cn2c(n1)SCC2. The summed E-state index contributed by atoms with van der Waals surface area (Å²) in [7, 11) is 0.620. The van der Waals surface area contributed by atoms with Gasteiger partial charge in [0, 0.05) is 46.0 Å². The van der Waals surface area contributed by atoms with Crippen LogP contribution in [0.2, 0.25) is 0 Å². The van der Waals surface area contributed by atoms with Gasteiger partial charge in [0.1, 0.15) is 5.75 Å². The van der Waals surface area contributed by atoms with Crippen molar-refractivity contribution in [2.75, 3.05) is 19.1 Å². The predicted octanol–water partition coefficient (Wildman–Crippen LogP) is 2.40. The Morgan fingerprint density at radius 3 is 3.00 bits per heavy atom. The first-order valence-corrected chi connectivity index (χ1v) is 8.45. The number of methoxy groups -OCH3 is 1. The highest BCUT2D eigenvalue weighted by molar-refractivity contribution is 7.99. The molecule has 1 aromatic carbocycles. The molecule has 1 aliphatic rings. The molecular weight excluding hydrogens is 280 g/mol. The summed E-state index contributed by atoms with van der Waals surface area (Å²) >= 11 is 1.77. The van der Waals surface area contributed by atoms with E-state index in [4.69, 9.17) is 4.74 Å². The number of thioether (sulfide) groups is 1. The van der Waals surface area contributed by atoms with Crippen LogP contribution in [0.15, 0.2) is 34.4 Å². The largest absolute Gasteiger partial charge is 0.496 e. The molecule has 0 bridgehead atoms. The van der Waals surface area contributed by atoms with Crippen molar-refractivity contribution in [2.45, 2.75) is 16.6 Å². The predicted molar refractivity (Wildman–Crippen MR) is 77.3 cm³/mol. The normalized spacial score (nSPS) is 15.3. The highest BCUT2D eigenvalue weighted by Crippen LogP contribution is 2.34. The first-order valence-electron chi connectivity index (χ1n) is 5.91. The van der Waals surface area contributed by atoms with Crippen molar-refractivity contribution in [1.29, 1.82) is 0 Å². The van der Waals surface area contributed by atoms with Crippen molar-refractivity contribution in [3.05, 3.63) is 24.4 Å². The second-order valence-electron chi connectivity index (χ2n) is 4.27. The maximum Gasteiger partial charge on any atom is 0.168 e. The van der Waals surface area contributed by atoms with E-state index in [-0.39, 0.29) is 0 Å². The van der Waals surface area contributed by atoms with E-state index in [1.807, 2.05) is 18.2 Å². The van der Waals surface area contributed by atoms with Crippen molar-refractivity contribution in [3.8, 4) is 17.0 Å². The van der Waals surface area contributed by atoms with Gasteiger partial charge in [0.25, 0.3) is 0 Å². The molecule has 0 radical (unpaired) electrons. The third-order valence-electron chi connectivity index (χ3n) is 3.08. The molecule has 0 amide bonds. The van der Waals surface area contributed by atoms with Crippen molar-refractivity contribution in [3.63, 3.8) is 0 Å². The van der Waals surface area contributed by atoms with E-state index in [1.165, 1.54) is 0 Å². The van der Waals surface area contributed by atoms with E-state index in [1.54, 1.807) is 25.1 Å². The average molecular weight is 294 g/mol. The van der Waals surface area contributed by atoms with Crippen LogP contribution in [0.3, 0.4) is 0 Å². The van der Waals surface area contributed by atoms with Crippen LogP contribution in [0.1, 0.15) is 0 Å². The van der Waals surface area contributed by atoms with Crippen LogP contribution >= 0.6 is 11.8 Å². The van der Waals surface area contributed by atoms with Gasteiger partial charge >= 0.3 is 0 Å². The molecule has 2 aromatic rings. The number of hydrogen-bond acceptors (Lipinski definition) is 4. The summed E-state index contributed by atoms with van der Waals surface area (Å²) in [5.41, 5.74) is 1.85. The minimum absolute atomic E-state index is 0.717. The molecule has 0 aliphatic carbocycles. The van der Waals surface area contributed by atoms with Crippen molar-refractivity contribution in [2.24, 2.45) is 0 Å². The molecule has 1 unspecified atom stereocenters. The summed E-state index contributed by atoms with van der Waals surface area (Å²) in [6.07, 6.45) is 3.71. The van der Waals surface area contributed by atoms with Gasteiger partial charge in [-0.2, -0.15) is 0 Å². The number of aromatic nitrogens is 2. The lowest BCUT2D eigenvalue weighted by molar-refractivity contribution is 0.415. The number of rotatable bonds is 3. The van der Waals surface area contributed by atoms with E-state index < -0.39 is 10.8 Å². The smallest absolute Gasteiger partial charge is 0.168 e. The first kappa shape index (κ1) is 12.7. The van der Waals surface area contributed by atoms with E-state index in [0.29, 0.717) is 0 Å². The third kappa shape index (κ3) is 2.30. The van der Waals surface area contributed by atoms with Crippen molar-refractivity contribution >= 4 is 22.6 Å². The second-order valence-corrected chi connectivity index (χ2v) is 6.71. The van der Waals surface area contributed by atoms with Gasteiger partial charge in [0.2, 0.25) is 0 Å². The molecule has 0 saturated carbocycles. The van der Waals surface area contributed by atoms with E-state index in [2.05, 4.69) is 15.7 Å². The molecule has 2 heterocycles. The van der Waals surface area contributed by atoms with Crippen LogP contribution < -0.4 is 4.74 Å². The number of hydrogen-bond donors (Lipinski definition) is 0. The van der Waals surface area contributed by atoms with E-state index >= 15 is 0 Å². The molecule has 100 valence electrons. The number of imidazole rings is 1. The first-order chi connectivity index (χ1) is 9.19. The molecule has 0 saturated heterocycles. The Morgan fingerprint density at radius 2 is 2.32 bits per heavy atom. The highest BCUT2D eigenvalue weighted by atomic mass is 32.2. The molecule has 3 rings (SSSR count). The zero-order valence-corrected chi connectivity index (χ0v) is 12.4. The van der Waals surface area contributed by atoms with Crippen molar-refractivity contribution in [1.82, 2.24) is 9.55 Å². The quantitative estimate of drug-likeness (QED) is 0.872. The number of aryl methyl sites for hydroxylation is 1. The fraction of sp³-hybridized carbons (Fsp3) is 0.308. The van der Waals surface area contributed by atoms with Crippen LogP contribution in [-0.4, -0.2) is 32.9 Å². The number of nitrogens with zero attached hydrogens (tertiary/aromatic N) is 2. The second kappa shape index (κ2) is 5.02. The van der Waals surface area contributed by atoms with Gasteiger partial charge in [-0.05, 0) is 18.2 Å². The van der Waals surface area contributed by atoms with Gasteiger partial charge in [0.15, 0.2) is 5.16 Å². The number of ether oxygens (including phenoxy) is 1. The van der Waals surface area contributed by atoms with Gasteiger partial charge in [-0.15, -0.1) is 0 Å². The van der Waals surface area contributed by atoms with Gasteiger partial charge in [-0.3, -0.25) is 4.21 Å². The number of benzene rings is 1. The van der Waals surface area contributed by atoms with Gasteiger partial charge < -0.3 is 9.30 Å². The van der Waals surface area contributed by atoms with Crippen LogP contribution in [0.25, 0.3) is 11.3 Å². The van der Waals surface area contributed by atoms with Crippen LogP contribution in [0.4, 0.5) is 0 Å². The fourth-order valence-corrected chi connectivity index (χ4v) is 3.58. The van der Waals surface area contributed by atoms with Crippen LogP contribution in [0.5, 0.6) is 5.75 Å². The Hall–Kier alpha value is -1.27.